The lowest BCUT2D eigenvalue weighted by molar-refractivity contribution is 1.10. The first-order valence-corrected chi connectivity index (χ1v) is 18.2. The van der Waals surface area contributed by atoms with Gasteiger partial charge < -0.3 is 0 Å². The Morgan fingerprint density at radius 2 is 0.962 bits per heavy atom. The standard InChI is InChI=1S/C47H30N4S/c1-3-11-32(12-4-1)41-30-42(33-21-19-31(20-22-33)36-25-28-45-39(29-36)38-15-7-10-18-44(38)52-45)49-46(48-41)34-23-26-37(27-24-34)51-43-17-9-8-16-40(43)50-47(51)35-13-5-2-6-14-35/h1-30H. The van der Waals surface area contributed by atoms with Gasteiger partial charge in [-0.15, -0.1) is 11.3 Å². The molecule has 0 saturated heterocycles. The van der Waals surface area contributed by atoms with E-state index in [2.05, 4.69) is 156 Å². The van der Waals surface area contributed by atoms with Crippen molar-refractivity contribution in [2.24, 2.45) is 0 Å². The summed E-state index contributed by atoms with van der Waals surface area (Å²) in [6.07, 6.45) is 0. The van der Waals surface area contributed by atoms with E-state index < -0.39 is 0 Å². The zero-order valence-electron chi connectivity index (χ0n) is 28.0. The summed E-state index contributed by atoms with van der Waals surface area (Å²) in [5.41, 5.74) is 11.3. The van der Waals surface area contributed by atoms with Crippen LogP contribution in [0.25, 0.3) is 93.3 Å². The third-order valence-electron chi connectivity index (χ3n) is 9.66. The van der Waals surface area contributed by atoms with Crippen molar-refractivity contribution in [1.29, 1.82) is 0 Å². The molecule has 0 spiro atoms. The van der Waals surface area contributed by atoms with E-state index in [9.17, 15) is 0 Å². The molecule has 0 unspecified atom stereocenters. The van der Waals surface area contributed by atoms with Gasteiger partial charge in [0, 0.05) is 48.1 Å². The van der Waals surface area contributed by atoms with E-state index in [0.717, 1.165) is 56.2 Å². The number of hydrogen-bond donors (Lipinski definition) is 0. The molecule has 0 fully saturated rings. The molecular weight excluding hydrogens is 653 g/mol. The molecule has 244 valence electrons. The number of imidazole rings is 1. The van der Waals surface area contributed by atoms with Gasteiger partial charge in [-0.2, -0.15) is 0 Å². The van der Waals surface area contributed by atoms with E-state index in [1.54, 1.807) is 0 Å². The Morgan fingerprint density at radius 3 is 1.73 bits per heavy atom. The Bertz CT molecular complexity index is 2870. The first-order valence-electron chi connectivity index (χ1n) is 17.4. The summed E-state index contributed by atoms with van der Waals surface area (Å²) in [7, 11) is 0. The van der Waals surface area contributed by atoms with Gasteiger partial charge in [-0.3, -0.25) is 4.57 Å². The Balaban J connectivity index is 1.03. The molecule has 0 radical (unpaired) electrons. The van der Waals surface area contributed by atoms with Crippen LogP contribution >= 0.6 is 11.3 Å². The highest BCUT2D eigenvalue weighted by atomic mass is 32.1. The molecule has 0 N–H and O–H groups in total. The smallest absolute Gasteiger partial charge is 0.160 e. The van der Waals surface area contributed by atoms with Crippen LogP contribution in [-0.2, 0) is 0 Å². The van der Waals surface area contributed by atoms with Crippen LogP contribution in [0.15, 0.2) is 182 Å². The van der Waals surface area contributed by atoms with E-state index in [-0.39, 0.29) is 0 Å². The first kappa shape index (κ1) is 30.2. The van der Waals surface area contributed by atoms with Gasteiger partial charge in [0.25, 0.3) is 0 Å². The van der Waals surface area contributed by atoms with Crippen LogP contribution < -0.4 is 0 Å². The molecule has 0 atom stereocenters. The number of rotatable bonds is 6. The fraction of sp³-hybridized carbons (Fsp3) is 0. The van der Waals surface area contributed by atoms with Gasteiger partial charge in [0.05, 0.1) is 22.4 Å². The fourth-order valence-corrected chi connectivity index (χ4v) is 8.13. The van der Waals surface area contributed by atoms with Crippen molar-refractivity contribution in [2.75, 3.05) is 0 Å². The molecule has 0 aliphatic carbocycles. The predicted molar refractivity (Wildman–Crippen MR) is 217 cm³/mol. The third kappa shape index (κ3) is 5.36. The minimum atomic E-state index is 0.681. The number of hydrogen-bond acceptors (Lipinski definition) is 4. The van der Waals surface area contributed by atoms with Crippen LogP contribution in [-0.4, -0.2) is 19.5 Å². The summed E-state index contributed by atoms with van der Waals surface area (Å²) in [6.45, 7) is 0. The highest BCUT2D eigenvalue weighted by Crippen LogP contribution is 2.37. The van der Waals surface area contributed by atoms with Crippen LogP contribution in [0.3, 0.4) is 0 Å². The molecule has 3 aromatic heterocycles. The van der Waals surface area contributed by atoms with Gasteiger partial charge >= 0.3 is 0 Å². The third-order valence-corrected chi connectivity index (χ3v) is 10.8. The second-order valence-corrected chi connectivity index (χ2v) is 14.0. The molecule has 0 saturated carbocycles. The predicted octanol–water partition coefficient (Wildman–Crippen LogP) is 12.5. The molecule has 0 aliphatic heterocycles. The molecule has 7 aromatic carbocycles. The van der Waals surface area contributed by atoms with Crippen molar-refractivity contribution in [3.05, 3.63) is 182 Å². The van der Waals surface area contributed by atoms with Crippen LogP contribution in [0.4, 0.5) is 0 Å². The van der Waals surface area contributed by atoms with Crippen LogP contribution in [0.2, 0.25) is 0 Å². The maximum absolute atomic E-state index is 5.15. The minimum Gasteiger partial charge on any atom is -0.292 e. The number of nitrogens with zero attached hydrogens (tertiary/aromatic N) is 4. The Morgan fingerprint density at radius 1 is 0.385 bits per heavy atom. The number of fused-ring (bicyclic) bond motifs is 4. The maximum Gasteiger partial charge on any atom is 0.160 e. The monoisotopic (exact) mass is 682 g/mol. The maximum atomic E-state index is 5.15. The molecule has 4 nitrogen and oxygen atoms in total. The lowest BCUT2D eigenvalue weighted by Gasteiger charge is -2.12. The Hall–Kier alpha value is -6.69. The van der Waals surface area contributed by atoms with E-state index in [1.165, 1.54) is 31.3 Å². The first-order chi connectivity index (χ1) is 25.7. The van der Waals surface area contributed by atoms with E-state index in [0.29, 0.717) is 5.82 Å². The molecule has 10 aromatic rings. The van der Waals surface area contributed by atoms with E-state index in [4.69, 9.17) is 15.0 Å². The zero-order valence-corrected chi connectivity index (χ0v) is 28.8. The van der Waals surface area contributed by atoms with Crippen LogP contribution in [0, 0.1) is 0 Å². The van der Waals surface area contributed by atoms with E-state index in [1.807, 2.05) is 41.7 Å². The number of benzene rings is 7. The lowest BCUT2D eigenvalue weighted by Crippen LogP contribution is -1.99. The van der Waals surface area contributed by atoms with Gasteiger partial charge in [0.15, 0.2) is 5.82 Å². The molecule has 0 amide bonds. The van der Waals surface area contributed by atoms with Crippen molar-refractivity contribution in [3.8, 4) is 62.1 Å². The topological polar surface area (TPSA) is 43.6 Å². The molecule has 0 bridgehead atoms. The minimum absolute atomic E-state index is 0.681. The number of thiophene rings is 1. The highest BCUT2D eigenvalue weighted by molar-refractivity contribution is 7.25. The van der Waals surface area contributed by atoms with Gasteiger partial charge in [0.2, 0.25) is 0 Å². The Kier molecular flexibility index (Phi) is 7.29. The average molecular weight is 683 g/mol. The van der Waals surface area contributed by atoms with Crippen molar-refractivity contribution >= 4 is 42.5 Å². The van der Waals surface area contributed by atoms with Crippen molar-refractivity contribution in [3.63, 3.8) is 0 Å². The van der Waals surface area contributed by atoms with Gasteiger partial charge in [0.1, 0.15) is 5.82 Å². The van der Waals surface area contributed by atoms with E-state index >= 15 is 0 Å². The molecule has 5 heteroatoms. The summed E-state index contributed by atoms with van der Waals surface area (Å²) >= 11 is 1.85. The fourth-order valence-electron chi connectivity index (χ4n) is 7.05. The summed E-state index contributed by atoms with van der Waals surface area (Å²) in [5, 5.41) is 2.62. The Labute approximate surface area is 305 Å². The van der Waals surface area contributed by atoms with Gasteiger partial charge in [-0.05, 0) is 71.8 Å². The van der Waals surface area contributed by atoms with Gasteiger partial charge in [-0.25, -0.2) is 15.0 Å². The van der Waals surface area contributed by atoms with Crippen LogP contribution in [0.1, 0.15) is 0 Å². The lowest BCUT2D eigenvalue weighted by atomic mass is 10.00. The van der Waals surface area contributed by atoms with Crippen LogP contribution in [0.5, 0.6) is 0 Å². The summed E-state index contributed by atoms with van der Waals surface area (Å²) < 4.78 is 4.86. The second kappa shape index (κ2) is 12.6. The summed E-state index contributed by atoms with van der Waals surface area (Å²) in [6, 6.07) is 63.7. The molecule has 3 heterocycles. The summed E-state index contributed by atoms with van der Waals surface area (Å²) in [4.78, 5) is 15.3. The summed E-state index contributed by atoms with van der Waals surface area (Å²) in [5.74, 6) is 1.59. The normalized spacial score (nSPS) is 11.5. The zero-order chi connectivity index (χ0) is 34.4. The quantitative estimate of drug-likeness (QED) is 0.175. The van der Waals surface area contributed by atoms with Crippen molar-refractivity contribution in [1.82, 2.24) is 19.5 Å². The SMILES string of the molecule is c1ccc(-c2cc(-c3ccc(-c4ccc5sc6ccccc6c5c4)cc3)nc(-c3ccc(-n4c(-c5ccccc5)nc5ccccc54)cc3)n2)cc1. The molecule has 0 aliphatic rings. The second-order valence-electron chi connectivity index (χ2n) is 12.9. The van der Waals surface area contributed by atoms with Crippen molar-refractivity contribution < 1.29 is 0 Å². The molecule has 52 heavy (non-hydrogen) atoms. The number of aromatic nitrogens is 4. The van der Waals surface area contributed by atoms with Gasteiger partial charge in [-0.1, -0.05) is 121 Å². The number of para-hydroxylation sites is 2. The largest absolute Gasteiger partial charge is 0.292 e. The highest BCUT2D eigenvalue weighted by Gasteiger charge is 2.16. The van der Waals surface area contributed by atoms with Crippen molar-refractivity contribution in [2.45, 2.75) is 0 Å². The molecular formula is C47H30N4S. The average Bonchev–Trinajstić information content (AvgIpc) is 3.80. The molecule has 10 rings (SSSR count).